The predicted molar refractivity (Wildman–Crippen MR) is 90.8 cm³/mol. The number of hydrogen-bond donors (Lipinski definition) is 2. The first-order valence-electron chi connectivity index (χ1n) is 7.09. The molecule has 4 aromatic rings. The van der Waals surface area contributed by atoms with Gasteiger partial charge in [-0.05, 0) is 29.0 Å². The molecular weight excluding hydrogens is 272 g/mol. The molecule has 0 radical (unpaired) electrons. The molecule has 0 unspecified atom stereocenters. The molecule has 106 valence electrons. The van der Waals surface area contributed by atoms with Crippen LogP contribution >= 0.6 is 0 Å². The Morgan fingerprint density at radius 2 is 1.55 bits per heavy atom. The second-order valence-corrected chi connectivity index (χ2v) is 5.35. The van der Waals surface area contributed by atoms with E-state index in [1.807, 2.05) is 42.5 Å². The van der Waals surface area contributed by atoms with Crippen LogP contribution in [0.25, 0.3) is 32.8 Å². The molecule has 0 saturated carbocycles. The van der Waals surface area contributed by atoms with Gasteiger partial charge in [-0.15, -0.1) is 0 Å². The van der Waals surface area contributed by atoms with Gasteiger partial charge in [-0.25, -0.2) is 0 Å². The van der Waals surface area contributed by atoms with Crippen molar-refractivity contribution in [3.05, 3.63) is 66.9 Å². The monoisotopic (exact) mass is 286 g/mol. The van der Waals surface area contributed by atoms with E-state index in [4.69, 9.17) is 5.73 Å². The third-order valence-electron chi connectivity index (χ3n) is 3.92. The Balaban J connectivity index is 1.99. The highest BCUT2D eigenvalue weighted by Gasteiger charge is 2.08. The average molecular weight is 286 g/mol. The van der Waals surface area contributed by atoms with Crippen molar-refractivity contribution in [2.45, 2.75) is 0 Å². The van der Waals surface area contributed by atoms with Crippen molar-refractivity contribution >= 4 is 27.2 Å². The molecule has 0 atom stereocenters. The van der Waals surface area contributed by atoms with Crippen LogP contribution in [0.2, 0.25) is 0 Å². The molecule has 3 nitrogen and oxygen atoms in total. The van der Waals surface area contributed by atoms with Gasteiger partial charge in [0.1, 0.15) is 5.75 Å². The number of phenolic OH excluding ortho intramolecular Hbond substituents is 1. The van der Waals surface area contributed by atoms with Gasteiger partial charge < -0.3 is 10.8 Å². The van der Waals surface area contributed by atoms with Crippen LogP contribution < -0.4 is 5.73 Å². The molecule has 4 rings (SSSR count). The van der Waals surface area contributed by atoms with Crippen molar-refractivity contribution in [2.24, 2.45) is 0 Å². The first kappa shape index (κ1) is 12.7. The van der Waals surface area contributed by atoms with Crippen LogP contribution in [0.5, 0.6) is 5.75 Å². The predicted octanol–water partition coefficient (Wildman–Crippen LogP) is 4.34. The summed E-state index contributed by atoms with van der Waals surface area (Å²) in [5.74, 6) is 0.274. The number of phenols is 1. The van der Waals surface area contributed by atoms with E-state index in [0.717, 1.165) is 32.8 Å². The highest BCUT2D eigenvalue weighted by molar-refractivity contribution is 6.02. The van der Waals surface area contributed by atoms with E-state index < -0.39 is 0 Å². The molecule has 3 heteroatoms. The average Bonchev–Trinajstić information content (AvgIpc) is 2.55. The Kier molecular flexibility index (Phi) is 2.73. The normalized spacial score (nSPS) is 11.1. The SMILES string of the molecule is Nc1cnc(-c2ccc3cc(O)ccc3c2)c2ccccc12. The first-order chi connectivity index (χ1) is 10.7. The second kappa shape index (κ2) is 4.74. The minimum atomic E-state index is 0.274. The van der Waals surface area contributed by atoms with Gasteiger partial charge in [-0.1, -0.05) is 42.5 Å². The van der Waals surface area contributed by atoms with Crippen molar-refractivity contribution in [2.75, 3.05) is 5.73 Å². The number of aromatic hydroxyl groups is 1. The molecule has 0 bridgehead atoms. The van der Waals surface area contributed by atoms with E-state index in [0.29, 0.717) is 5.69 Å². The number of pyridine rings is 1. The number of benzene rings is 3. The van der Waals surface area contributed by atoms with Gasteiger partial charge in [0, 0.05) is 16.3 Å². The van der Waals surface area contributed by atoms with E-state index >= 15 is 0 Å². The Morgan fingerprint density at radius 1 is 0.818 bits per heavy atom. The van der Waals surface area contributed by atoms with Gasteiger partial charge in [0.05, 0.1) is 17.6 Å². The number of hydrogen-bond acceptors (Lipinski definition) is 3. The molecule has 0 aliphatic heterocycles. The summed E-state index contributed by atoms with van der Waals surface area (Å²) in [6.07, 6.45) is 1.71. The Bertz CT molecular complexity index is 1010. The van der Waals surface area contributed by atoms with Gasteiger partial charge >= 0.3 is 0 Å². The van der Waals surface area contributed by atoms with Crippen LogP contribution in [0.4, 0.5) is 5.69 Å². The smallest absolute Gasteiger partial charge is 0.116 e. The molecule has 0 spiro atoms. The van der Waals surface area contributed by atoms with Crippen molar-refractivity contribution in [1.82, 2.24) is 4.98 Å². The molecule has 1 heterocycles. The maximum absolute atomic E-state index is 9.56. The highest BCUT2D eigenvalue weighted by Crippen LogP contribution is 2.32. The van der Waals surface area contributed by atoms with E-state index in [1.54, 1.807) is 18.3 Å². The lowest BCUT2D eigenvalue weighted by molar-refractivity contribution is 0.476. The van der Waals surface area contributed by atoms with Crippen LogP contribution in [-0.2, 0) is 0 Å². The van der Waals surface area contributed by atoms with Crippen LogP contribution in [-0.4, -0.2) is 10.1 Å². The lowest BCUT2D eigenvalue weighted by Gasteiger charge is -2.09. The second-order valence-electron chi connectivity index (χ2n) is 5.35. The fraction of sp³-hybridized carbons (Fsp3) is 0. The van der Waals surface area contributed by atoms with Gasteiger partial charge in [0.2, 0.25) is 0 Å². The van der Waals surface area contributed by atoms with Crippen molar-refractivity contribution in [3.8, 4) is 17.0 Å². The standard InChI is InChI=1S/C19H14N2O/c20-18-11-21-19(17-4-2-1-3-16(17)18)14-6-5-13-10-15(22)8-7-12(13)9-14/h1-11,22H,20H2. The molecule has 1 aromatic heterocycles. The van der Waals surface area contributed by atoms with E-state index in [1.165, 1.54) is 0 Å². The largest absolute Gasteiger partial charge is 0.508 e. The van der Waals surface area contributed by atoms with Crippen LogP contribution in [0.1, 0.15) is 0 Å². The number of nitrogens with zero attached hydrogens (tertiary/aromatic N) is 1. The number of anilines is 1. The van der Waals surface area contributed by atoms with E-state index in [2.05, 4.69) is 11.1 Å². The van der Waals surface area contributed by atoms with E-state index in [-0.39, 0.29) is 5.75 Å². The summed E-state index contributed by atoms with van der Waals surface area (Å²) < 4.78 is 0. The van der Waals surface area contributed by atoms with E-state index in [9.17, 15) is 5.11 Å². The number of nitrogen functional groups attached to an aromatic ring is 1. The third kappa shape index (κ3) is 1.95. The lowest BCUT2D eigenvalue weighted by Crippen LogP contribution is -1.92. The molecule has 0 aliphatic carbocycles. The van der Waals surface area contributed by atoms with Crippen LogP contribution in [0.15, 0.2) is 66.9 Å². The summed E-state index contributed by atoms with van der Waals surface area (Å²) in [6.45, 7) is 0. The number of fused-ring (bicyclic) bond motifs is 2. The Morgan fingerprint density at radius 3 is 2.41 bits per heavy atom. The molecule has 3 aromatic carbocycles. The first-order valence-corrected chi connectivity index (χ1v) is 7.09. The third-order valence-corrected chi connectivity index (χ3v) is 3.92. The number of aromatic nitrogens is 1. The maximum Gasteiger partial charge on any atom is 0.116 e. The molecule has 0 aliphatic rings. The summed E-state index contributed by atoms with van der Waals surface area (Å²) in [5.41, 5.74) is 8.66. The summed E-state index contributed by atoms with van der Waals surface area (Å²) in [4.78, 5) is 4.53. The van der Waals surface area contributed by atoms with Crippen LogP contribution in [0.3, 0.4) is 0 Å². The van der Waals surface area contributed by atoms with Crippen molar-refractivity contribution in [3.63, 3.8) is 0 Å². The summed E-state index contributed by atoms with van der Waals surface area (Å²) >= 11 is 0. The minimum Gasteiger partial charge on any atom is -0.508 e. The Hall–Kier alpha value is -3.07. The fourth-order valence-electron chi connectivity index (χ4n) is 2.82. The molecule has 0 amide bonds. The molecule has 0 saturated heterocycles. The van der Waals surface area contributed by atoms with Gasteiger partial charge in [-0.3, -0.25) is 4.98 Å². The molecule has 3 N–H and O–H groups in total. The van der Waals surface area contributed by atoms with Crippen molar-refractivity contribution < 1.29 is 5.11 Å². The Labute approximate surface area is 127 Å². The van der Waals surface area contributed by atoms with Crippen molar-refractivity contribution in [1.29, 1.82) is 0 Å². The van der Waals surface area contributed by atoms with Crippen LogP contribution in [0, 0.1) is 0 Å². The van der Waals surface area contributed by atoms with Gasteiger partial charge in [-0.2, -0.15) is 0 Å². The number of nitrogens with two attached hydrogens (primary N) is 1. The molecule has 0 fully saturated rings. The fourth-order valence-corrected chi connectivity index (χ4v) is 2.82. The topological polar surface area (TPSA) is 59.1 Å². The highest BCUT2D eigenvalue weighted by atomic mass is 16.3. The zero-order chi connectivity index (χ0) is 15.1. The minimum absolute atomic E-state index is 0.274. The molecular formula is C19H14N2O. The quantitative estimate of drug-likeness (QED) is 0.547. The number of rotatable bonds is 1. The lowest BCUT2D eigenvalue weighted by atomic mass is 10.00. The van der Waals surface area contributed by atoms with Gasteiger partial charge in [0.15, 0.2) is 0 Å². The maximum atomic E-state index is 9.56. The zero-order valence-corrected chi connectivity index (χ0v) is 11.8. The summed E-state index contributed by atoms with van der Waals surface area (Å²) in [7, 11) is 0. The van der Waals surface area contributed by atoms with Gasteiger partial charge in [0.25, 0.3) is 0 Å². The molecule has 22 heavy (non-hydrogen) atoms. The zero-order valence-electron chi connectivity index (χ0n) is 11.8. The summed E-state index contributed by atoms with van der Waals surface area (Å²) in [5, 5.41) is 13.7. The summed E-state index contributed by atoms with van der Waals surface area (Å²) in [6, 6.07) is 19.5.